The molecule has 0 bridgehead atoms. The summed E-state index contributed by atoms with van der Waals surface area (Å²) < 4.78 is 0. The van der Waals surface area contributed by atoms with Crippen molar-refractivity contribution in [2.75, 3.05) is 36.9 Å². The van der Waals surface area contributed by atoms with Gasteiger partial charge in [-0.3, -0.25) is 9.69 Å². The highest BCUT2D eigenvalue weighted by Gasteiger charge is 2.22. The average molecular weight is 400 g/mol. The van der Waals surface area contributed by atoms with E-state index in [2.05, 4.69) is 45.4 Å². The Balaban J connectivity index is 1.51. The minimum atomic E-state index is 0.000934. The maximum atomic E-state index is 13.0. The first-order chi connectivity index (χ1) is 14.7. The Bertz CT molecular complexity index is 913. The molecule has 3 aromatic carbocycles. The molecule has 1 aliphatic rings. The van der Waals surface area contributed by atoms with Crippen molar-refractivity contribution < 1.29 is 4.79 Å². The Hall–Kier alpha value is -3.11. The molecule has 1 aliphatic heterocycles. The highest BCUT2D eigenvalue weighted by Crippen LogP contribution is 2.30. The standard InChI is InChI=1S/C26H29N3O/c1-28(26(21-12-4-2-5-13-21)22-14-6-3-7-15-22)20-25(30)27-23-16-8-9-17-24(23)29-18-10-11-19-29/h2-9,12-17,26H,10-11,18-20H2,1H3,(H,27,30). The molecule has 154 valence electrons. The van der Waals surface area contributed by atoms with Crippen molar-refractivity contribution in [1.29, 1.82) is 0 Å². The Morgan fingerprint density at radius 3 is 2.00 bits per heavy atom. The second-order valence-electron chi connectivity index (χ2n) is 7.90. The molecule has 4 heteroatoms. The van der Waals surface area contributed by atoms with Gasteiger partial charge in [0.25, 0.3) is 0 Å². The zero-order valence-electron chi connectivity index (χ0n) is 17.5. The molecule has 1 heterocycles. The fourth-order valence-electron chi connectivity index (χ4n) is 4.29. The summed E-state index contributed by atoms with van der Waals surface area (Å²) in [6.07, 6.45) is 2.42. The summed E-state index contributed by atoms with van der Waals surface area (Å²) in [6, 6.07) is 28.8. The van der Waals surface area contributed by atoms with Crippen LogP contribution < -0.4 is 10.2 Å². The van der Waals surface area contributed by atoms with E-state index in [0.29, 0.717) is 6.54 Å². The molecule has 0 spiro atoms. The summed E-state index contributed by atoms with van der Waals surface area (Å²) in [5.41, 5.74) is 4.37. The molecule has 30 heavy (non-hydrogen) atoms. The minimum Gasteiger partial charge on any atom is -0.370 e. The van der Waals surface area contributed by atoms with E-state index < -0.39 is 0 Å². The van der Waals surface area contributed by atoms with Crippen molar-refractivity contribution in [1.82, 2.24) is 4.90 Å². The van der Waals surface area contributed by atoms with Gasteiger partial charge < -0.3 is 10.2 Å². The van der Waals surface area contributed by atoms with Crippen LogP contribution in [0.4, 0.5) is 11.4 Å². The predicted octanol–water partition coefficient (Wildman–Crippen LogP) is 4.95. The normalized spacial score (nSPS) is 13.8. The van der Waals surface area contributed by atoms with Crippen LogP contribution in [-0.2, 0) is 4.79 Å². The maximum absolute atomic E-state index is 13.0. The fraction of sp³-hybridized carbons (Fsp3) is 0.269. The fourth-order valence-corrected chi connectivity index (χ4v) is 4.29. The molecule has 1 saturated heterocycles. The van der Waals surface area contributed by atoms with Crippen molar-refractivity contribution in [2.24, 2.45) is 0 Å². The van der Waals surface area contributed by atoms with Gasteiger partial charge in [0.15, 0.2) is 0 Å². The Morgan fingerprint density at radius 2 is 1.40 bits per heavy atom. The van der Waals surface area contributed by atoms with Crippen LogP contribution in [0.25, 0.3) is 0 Å². The van der Waals surface area contributed by atoms with E-state index in [-0.39, 0.29) is 11.9 Å². The highest BCUT2D eigenvalue weighted by atomic mass is 16.2. The largest absolute Gasteiger partial charge is 0.370 e. The van der Waals surface area contributed by atoms with Crippen LogP contribution in [0.15, 0.2) is 84.9 Å². The van der Waals surface area contributed by atoms with Gasteiger partial charge in [-0.05, 0) is 43.1 Å². The zero-order valence-corrected chi connectivity index (χ0v) is 17.5. The summed E-state index contributed by atoms with van der Waals surface area (Å²) in [5, 5.41) is 3.15. The SMILES string of the molecule is CN(CC(=O)Nc1ccccc1N1CCCC1)C(c1ccccc1)c1ccccc1. The average Bonchev–Trinajstić information content (AvgIpc) is 3.30. The van der Waals surface area contributed by atoms with Gasteiger partial charge in [-0.15, -0.1) is 0 Å². The van der Waals surface area contributed by atoms with Crippen molar-refractivity contribution in [3.63, 3.8) is 0 Å². The molecule has 0 saturated carbocycles. The van der Waals surface area contributed by atoms with E-state index in [4.69, 9.17) is 0 Å². The number of rotatable bonds is 7. The van der Waals surface area contributed by atoms with Crippen LogP contribution in [0, 0.1) is 0 Å². The van der Waals surface area contributed by atoms with Crippen LogP contribution >= 0.6 is 0 Å². The van der Waals surface area contributed by atoms with E-state index in [1.165, 1.54) is 24.0 Å². The predicted molar refractivity (Wildman–Crippen MR) is 124 cm³/mol. The highest BCUT2D eigenvalue weighted by molar-refractivity contribution is 5.95. The number of para-hydroxylation sites is 2. The van der Waals surface area contributed by atoms with Crippen LogP contribution in [0.1, 0.15) is 30.0 Å². The Labute approximate surface area is 179 Å². The van der Waals surface area contributed by atoms with Gasteiger partial charge in [0, 0.05) is 13.1 Å². The number of benzene rings is 3. The van der Waals surface area contributed by atoms with Crippen LogP contribution in [0.2, 0.25) is 0 Å². The van der Waals surface area contributed by atoms with Crippen molar-refractivity contribution in [2.45, 2.75) is 18.9 Å². The second kappa shape index (κ2) is 9.59. The minimum absolute atomic E-state index is 0.000934. The summed E-state index contributed by atoms with van der Waals surface area (Å²) in [4.78, 5) is 17.5. The van der Waals surface area contributed by atoms with Crippen LogP contribution in [0.5, 0.6) is 0 Å². The van der Waals surface area contributed by atoms with Gasteiger partial charge in [0.2, 0.25) is 5.91 Å². The van der Waals surface area contributed by atoms with E-state index >= 15 is 0 Å². The van der Waals surface area contributed by atoms with Crippen molar-refractivity contribution in [3.8, 4) is 0 Å². The lowest BCUT2D eigenvalue weighted by Gasteiger charge is -2.29. The summed E-state index contributed by atoms with van der Waals surface area (Å²) in [5.74, 6) is 0.000934. The summed E-state index contributed by atoms with van der Waals surface area (Å²) in [7, 11) is 2.01. The molecule has 4 rings (SSSR count). The third-order valence-electron chi connectivity index (χ3n) is 5.69. The van der Waals surface area contributed by atoms with E-state index in [1.54, 1.807) is 0 Å². The lowest BCUT2D eigenvalue weighted by molar-refractivity contribution is -0.117. The third-order valence-corrected chi connectivity index (χ3v) is 5.69. The molecule has 0 aliphatic carbocycles. The molecule has 0 atom stereocenters. The zero-order chi connectivity index (χ0) is 20.8. The molecule has 3 aromatic rings. The Kier molecular flexibility index (Phi) is 6.45. The summed E-state index contributed by atoms with van der Waals surface area (Å²) >= 11 is 0. The number of anilines is 2. The number of likely N-dealkylation sites (N-methyl/N-ethyl adjacent to an activating group) is 1. The maximum Gasteiger partial charge on any atom is 0.238 e. The van der Waals surface area contributed by atoms with Gasteiger partial charge in [-0.2, -0.15) is 0 Å². The first kappa shape index (κ1) is 20.2. The van der Waals surface area contributed by atoms with Gasteiger partial charge in [0.05, 0.1) is 24.0 Å². The molecule has 0 unspecified atom stereocenters. The molecular formula is C26H29N3O. The number of carbonyl (C=O) groups is 1. The quantitative estimate of drug-likeness (QED) is 0.611. The molecule has 0 aromatic heterocycles. The lowest BCUT2D eigenvalue weighted by atomic mass is 9.97. The van der Waals surface area contributed by atoms with Crippen molar-refractivity contribution in [3.05, 3.63) is 96.1 Å². The summed E-state index contributed by atoms with van der Waals surface area (Å²) in [6.45, 7) is 2.41. The molecule has 1 amide bonds. The van der Waals surface area contributed by atoms with Gasteiger partial charge in [-0.1, -0.05) is 72.8 Å². The number of nitrogens with zero attached hydrogens (tertiary/aromatic N) is 2. The smallest absolute Gasteiger partial charge is 0.238 e. The van der Waals surface area contributed by atoms with E-state index in [0.717, 1.165) is 24.5 Å². The van der Waals surface area contributed by atoms with Gasteiger partial charge in [-0.25, -0.2) is 0 Å². The van der Waals surface area contributed by atoms with Crippen LogP contribution in [-0.4, -0.2) is 37.5 Å². The van der Waals surface area contributed by atoms with E-state index in [1.807, 2.05) is 61.6 Å². The van der Waals surface area contributed by atoms with Gasteiger partial charge >= 0.3 is 0 Å². The van der Waals surface area contributed by atoms with Crippen LogP contribution in [0.3, 0.4) is 0 Å². The first-order valence-electron chi connectivity index (χ1n) is 10.7. The van der Waals surface area contributed by atoms with Crippen molar-refractivity contribution >= 4 is 17.3 Å². The molecular weight excluding hydrogens is 370 g/mol. The number of hydrogen-bond acceptors (Lipinski definition) is 3. The number of amides is 1. The van der Waals surface area contributed by atoms with E-state index in [9.17, 15) is 4.79 Å². The first-order valence-corrected chi connectivity index (χ1v) is 10.7. The molecule has 0 radical (unpaired) electrons. The molecule has 4 nitrogen and oxygen atoms in total. The van der Waals surface area contributed by atoms with Gasteiger partial charge in [0.1, 0.15) is 0 Å². The second-order valence-corrected chi connectivity index (χ2v) is 7.90. The topological polar surface area (TPSA) is 35.6 Å². The molecule has 1 fully saturated rings. The Morgan fingerprint density at radius 1 is 0.867 bits per heavy atom. The number of carbonyl (C=O) groups excluding carboxylic acids is 1. The monoisotopic (exact) mass is 399 g/mol. The third kappa shape index (κ3) is 4.71. The number of nitrogens with one attached hydrogen (secondary N) is 1. The number of hydrogen-bond donors (Lipinski definition) is 1. The molecule has 1 N–H and O–H groups in total. The lowest BCUT2D eigenvalue weighted by Crippen LogP contribution is -2.34.